The first-order chi connectivity index (χ1) is 17.4. The predicted molar refractivity (Wildman–Crippen MR) is 142 cm³/mol. The maximum Gasteiger partial charge on any atom is 0.315 e. The molecule has 188 valence electrons. The quantitative estimate of drug-likeness (QED) is 0.188. The van der Waals surface area contributed by atoms with E-state index in [1.807, 2.05) is 48.1 Å². The van der Waals surface area contributed by atoms with E-state index in [1.165, 1.54) is 5.56 Å². The second kappa shape index (κ2) is 11.7. The topological polar surface area (TPSA) is 101 Å². The van der Waals surface area contributed by atoms with E-state index in [2.05, 4.69) is 46.5 Å². The molecule has 4 aromatic rings. The number of anilines is 1. The van der Waals surface area contributed by atoms with E-state index >= 15 is 0 Å². The average Bonchev–Trinajstić information content (AvgIpc) is 3.39. The summed E-state index contributed by atoms with van der Waals surface area (Å²) in [7, 11) is 0. The lowest BCUT2D eigenvalue weighted by molar-refractivity contribution is -0.145. The molecule has 0 spiro atoms. The van der Waals surface area contributed by atoms with Gasteiger partial charge in [-0.25, -0.2) is 4.99 Å². The summed E-state index contributed by atoms with van der Waals surface area (Å²) in [6.45, 7) is 7.34. The van der Waals surface area contributed by atoms with Crippen LogP contribution >= 0.6 is 0 Å². The number of carbonyl (C=O) groups is 2. The number of H-pyrrole nitrogens is 1. The summed E-state index contributed by atoms with van der Waals surface area (Å²) < 4.78 is 7.04. The highest BCUT2D eigenvalue weighted by Gasteiger charge is 2.11. The number of hydrogen-bond acceptors (Lipinski definition) is 5. The summed E-state index contributed by atoms with van der Waals surface area (Å²) in [5.41, 5.74) is 4.05. The number of para-hydroxylation sites is 1. The van der Waals surface area contributed by atoms with E-state index in [9.17, 15) is 9.59 Å². The first-order valence-electron chi connectivity index (χ1n) is 12.5. The van der Waals surface area contributed by atoms with Crippen LogP contribution in [0.1, 0.15) is 51.6 Å². The Kier molecular flexibility index (Phi) is 8.15. The van der Waals surface area contributed by atoms with Crippen molar-refractivity contribution in [1.82, 2.24) is 14.8 Å². The number of amides is 1. The molecule has 8 nitrogen and oxygen atoms in total. The molecule has 0 aliphatic heterocycles. The van der Waals surface area contributed by atoms with Crippen molar-refractivity contribution in [2.24, 2.45) is 4.99 Å². The van der Waals surface area contributed by atoms with Gasteiger partial charge in [-0.15, -0.1) is 0 Å². The Morgan fingerprint density at radius 1 is 1.17 bits per heavy atom. The van der Waals surface area contributed by atoms with E-state index in [0.29, 0.717) is 18.0 Å². The van der Waals surface area contributed by atoms with Crippen molar-refractivity contribution in [3.05, 3.63) is 65.8 Å². The van der Waals surface area contributed by atoms with Crippen LogP contribution < -0.4 is 10.7 Å². The summed E-state index contributed by atoms with van der Waals surface area (Å²) in [5.74, 6) is -1.06. The zero-order chi connectivity index (χ0) is 25.5. The Hall–Kier alpha value is -3.94. The number of aromatic nitrogens is 3. The number of ether oxygens (including phenoxy) is 1. The van der Waals surface area contributed by atoms with E-state index in [0.717, 1.165) is 53.3 Å². The van der Waals surface area contributed by atoms with Crippen molar-refractivity contribution in [2.75, 3.05) is 18.5 Å². The van der Waals surface area contributed by atoms with Crippen LogP contribution in [-0.4, -0.2) is 39.8 Å². The van der Waals surface area contributed by atoms with Gasteiger partial charge >= 0.3 is 5.97 Å². The molecule has 36 heavy (non-hydrogen) atoms. The Labute approximate surface area is 210 Å². The highest BCUT2D eigenvalue weighted by molar-refractivity contribution is 6.10. The van der Waals surface area contributed by atoms with Crippen LogP contribution in [0.5, 0.6) is 0 Å². The number of esters is 1. The van der Waals surface area contributed by atoms with Crippen molar-refractivity contribution in [3.8, 4) is 0 Å². The molecular weight excluding hydrogens is 454 g/mol. The maximum absolute atomic E-state index is 12.3. The highest BCUT2D eigenvalue weighted by Crippen LogP contribution is 2.29. The minimum absolute atomic E-state index is 0.330. The summed E-state index contributed by atoms with van der Waals surface area (Å²) in [5, 5.41) is 10.5. The molecule has 2 N–H and O–H groups in total. The molecule has 0 bridgehead atoms. The Bertz CT molecular complexity index is 1430. The van der Waals surface area contributed by atoms with Gasteiger partial charge in [0.1, 0.15) is 6.42 Å². The second-order valence-corrected chi connectivity index (χ2v) is 9.13. The largest absolute Gasteiger partial charge is 0.465 e. The van der Waals surface area contributed by atoms with E-state index in [-0.39, 0.29) is 6.42 Å². The van der Waals surface area contributed by atoms with Gasteiger partial charge in [-0.05, 0) is 50.5 Å². The van der Waals surface area contributed by atoms with Gasteiger partial charge < -0.3 is 15.0 Å². The normalized spacial score (nSPS) is 11.9. The minimum atomic E-state index is -0.541. The second-order valence-electron chi connectivity index (χ2n) is 9.13. The monoisotopic (exact) mass is 487 g/mol. The lowest BCUT2D eigenvalue weighted by Gasteiger charge is -2.07. The van der Waals surface area contributed by atoms with Crippen LogP contribution in [0, 0.1) is 0 Å². The maximum atomic E-state index is 12.3. The SMILES string of the molecule is CCCCOC(=O)CC(=O)N=c1cccc2c(c1)[nH]c1c(NCCc3cnn(C(C)C)c3)cccc12. The van der Waals surface area contributed by atoms with Crippen LogP contribution in [0.4, 0.5) is 5.69 Å². The molecular formula is C28H33N5O3. The van der Waals surface area contributed by atoms with Crippen LogP contribution in [0.25, 0.3) is 21.8 Å². The Morgan fingerprint density at radius 3 is 2.75 bits per heavy atom. The first-order valence-corrected chi connectivity index (χ1v) is 12.5. The minimum Gasteiger partial charge on any atom is -0.465 e. The highest BCUT2D eigenvalue weighted by atomic mass is 16.5. The molecule has 0 radical (unpaired) electrons. The van der Waals surface area contributed by atoms with Gasteiger partial charge in [0.25, 0.3) is 5.91 Å². The molecule has 4 rings (SSSR count). The van der Waals surface area contributed by atoms with Crippen LogP contribution in [0.3, 0.4) is 0 Å². The zero-order valence-corrected chi connectivity index (χ0v) is 21.1. The predicted octanol–water partition coefficient (Wildman–Crippen LogP) is 4.91. The van der Waals surface area contributed by atoms with Crippen LogP contribution in [0.15, 0.2) is 59.9 Å². The molecule has 1 amide bonds. The van der Waals surface area contributed by atoms with E-state index in [1.54, 1.807) is 6.07 Å². The summed E-state index contributed by atoms with van der Waals surface area (Å²) in [6.07, 6.45) is 6.22. The molecule has 2 aromatic heterocycles. The van der Waals surface area contributed by atoms with Crippen LogP contribution in [0.2, 0.25) is 0 Å². The van der Waals surface area contributed by atoms with E-state index < -0.39 is 11.9 Å². The number of carbonyl (C=O) groups excluding carboxylic acids is 2. The third-order valence-electron chi connectivity index (χ3n) is 5.95. The van der Waals surface area contributed by atoms with E-state index in [4.69, 9.17) is 4.74 Å². The van der Waals surface area contributed by atoms with Crippen LogP contribution in [-0.2, 0) is 20.7 Å². The first kappa shape index (κ1) is 25.2. The van der Waals surface area contributed by atoms with Crippen molar-refractivity contribution >= 4 is 39.4 Å². The fourth-order valence-corrected chi connectivity index (χ4v) is 4.03. The number of unbranched alkanes of at least 4 members (excludes halogenated alkanes) is 1. The van der Waals surface area contributed by atoms with Gasteiger partial charge in [-0.1, -0.05) is 37.6 Å². The number of benzene rings is 1. The third-order valence-corrected chi connectivity index (χ3v) is 5.95. The fourth-order valence-electron chi connectivity index (χ4n) is 4.03. The number of rotatable bonds is 10. The average molecular weight is 488 g/mol. The number of aromatic amines is 1. The van der Waals surface area contributed by atoms with Crippen molar-refractivity contribution in [3.63, 3.8) is 0 Å². The third kappa shape index (κ3) is 6.19. The molecule has 2 heterocycles. The van der Waals surface area contributed by atoms with Gasteiger partial charge in [-0.3, -0.25) is 14.3 Å². The standard InChI is InChI=1S/C28H33N5O3/c1-4-5-14-36-27(35)16-26(34)31-21-8-6-9-22-23-10-7-11-24(28(23)32-25(22)15-21)29-13-12-20-17-30-33(18-20)19(2)3/h6-11,15,17-19,29,32H,4-5,12-14,16H2,1-3H3. The lowest BCUT2D eigenvalue weighted by atomic mass is 10.1. The molecule has 0 atom stereocenters. The van der Waals surface area contributed by atoms with Crippen molar-refractivity contribution in [1.29, 1.82) is 0 Å². The number of nitrogens with zero attached hydrogens (tertiary/aromatic N) is 3. The summed E-state index contributed by atoms with van der Waals surface area (Å²) in [6, 6.07) is 14.0. The zero-order valence-electron chi connectivity index (χ0n) is 21.1. The van der Waals surface area contributed by atoms with Gasteiger partial charge in [0.05, 0.1) is 29.4 Å². The summed E-state index contributed by atoms with van der Waals surface area (Å²) >= 11 is 0. The van der Waals surface area contributed by atoms with Gasteiger partial charge in [0.15, 0.2) is 0 Å². The van der Waals surface area contributed by atoms with Gasteiger partial charge in [0.2, 0.25) is 0 Å². The van der Waals surface area contributed by atoms with Crippen molar-refractivity contribution < 1.29 is 14.3 Å². The molecule has 0 aliphatic rings. The molecule has 0 saturated carbocycles. The molecule has 0 aliphatic carbocycles. The number of nitrogens with one attached hydrogen (secondary N) is 2. The summed E-state index contributed by atoms with van der Waals surface area (Å²) in [4.78, 5) is 31.7. The number of fused-ring (bicyclic) bond motifs is 3. The van der Waals surface area contributed by atoms with Gasteiger partial charge in [0, 0.05) is 35.1 Å². The fraction of sp³-hybridized carbons (Fsp3) is 0.357. The smallest absolute Gasteiger partial charge is 0.315 e. The van der Waals surface area contributed by atoms with Crippen molar-refractivity contribution in [2.45, 2.75) is 52.5 Å². The molecule has 0 saturated heterocycles. The molecule has 0 fully saturated rings. The van der Waals surface area contributed by atoms with Gasteiger partial charge in [-0.2, -0.15) is 5.10 Å². The lowest BCUT2D eigenvalue weighted by Crippen LogP contribution is -2.13. The molecule has 2 aromatic carbocycles. The molecule has 8 heteroatoms. The number of hydrogen-bond donors (Lipinski definition) is 2. The Balaban J connectivity index is 1.52. The molecule has 0 unspecified atom stereocenters. The Morgan fingerprint density at radius 2 is 1.97 bits per heavy atom.